The molecule has 2 amide bonds. The van der Waals surface area contributed by atoms with E-state index in [2.05, 4.69) is 5.32 Å². The largest absolute Gasteiger partial charge is 0.321 e. The average molecular weight is 488 g/mol. The summed E-state index contributed by atoms with van der Waals surface area (Å²) in [5, 5.41) is 13.3. The van der Waals surface area contributed by atoms with Crippen LogP contribution in [0.15, 0.2) is 83.4 Å². The van der Waals surface area contributed by atoms with Crippen LogP contribution in [0.3, 0.4) is 0 Å². The number of nitriles is 1. The molecule has 1 aliphatic heterocycles. The van der Waals surface area contributed by atoms with E-state index in [9.17, 15) is 14.9 Å². The van der Waals surface area contributed by atoms with Gasteiger partial charge in [0.2, 0.25) is 5.91 Å². The van der Waals surface area contributed by atoms with Gasteiger partial charge in [-0.25, -0.2) is 0 Å². The summed E-state index contributed by atoms with van der Waals surface area (Å²) in [5.41, 5.74) is 3.87. The first-order valence-corrected chi connectivity index (χ1v) is 12.0. The lowest BCUT2D eigenvalue weighted by Crippen LogP contribution is -2.31. The number of halogens is 1. The van der Waals surface area contributed by atoms with E-state index in [1.807, 2.05) is 74.5 Å². The summed E-state index contributed by atoms with van der Waals surface area (Å²) >= 11 is 7.36. The van der Waals surface area contributed by atoms with E-state index in [1.54, 1.807) is 18.2 Å². The summed E-state index contributed by atoms with van der Waals surface area (Å²) in [6.45, 7) is 3.79. The van der Waals surface area contributed by atoms with Crippen LogP contribution in [0.1, 0.15) is 16.7 Å². The van der Waals surface area contributed by atoms with Crippen LogP contribution in [0.25, 0.3) is 0 Å². The van der Waals surface area contributed by atoms with Crippen LogP contribution in [0, 0.1) is 25.2 Å². The average Bonchev–Trinajstić information content (AvgIpc) is 3.13. The SMILES string of the molecule is Cc1cccc(C)c1NC(=O)/C(C#N)=C1/S[C@@H](Cc2cccc(Cl)c2)C(=O)N1c1ccccc1. The lowest BCUT2D eigenvalue weighted by atomic mass is 10.1. The van der Waals surface area contributed by atoms with Crippen molar-refractivity contribution < 1.29 is 9.59 Å². The van der Waals surface area contributed by atoms with Crippen molar-refractivity contribution in [2.45, 2.75) is 25.5 Å². The summed E-state index contributed by atoms with van der Waals surface area (Å²) in [4.78, 5) is 28.3. The molecule has 4 rings (SSSR count). The predicted molar refractivity (Wildman–Crippen MR) is 138 cm³/mol. The second-order valence-corrected chi connectivity index (χ2v) is 9.59. The highest BCUT2D eigenvalue weighted by atomic mass is 35.5. The van der Waals surface area contributed by atoms with Gasteiger partial charge in [-0.1, -0.05) is 71.9 Å². The van der Waals surface area contributed by atoms with Gasteiger partial charge in [0.25, 0.3) is 5.91 Å². The normalized spacial score (nSPS) is 16.8. The van der Waals surface area contributed by atoms with Crippen LogP contribution < -0.4 is 10.2 Å². The van der Waals surface area contributed by atoms with E-state index in [4.69, 9.17) is 11.6 Å². The zero-order chi connectivity index (χ0) is 24.2. The molecule has 34 heavy (non-hydrogen) atoms. The molecule has 5 nitrogen and oxygen atoms in total. The van der Waals surface area contributed by atoms with Gasteiger partial charge < -0.3 is 5.32 Å². The van der Waals surface area contributed by atoms with Crippen molar-refractivity contribution in [3.63, 3.8) is 0 Å². The number of hydrogen-bond donors (Lipinski definition) is 1. The molecule has 0 aliphatic carbocycles. The van der Waals surface area contributed by atoms with Crippen molar-refractivity contribution in [3.8, 4) is 6.07 Å². The molecule has 1 saturated heterocycles. The van der Waals surface area contributed by atoms with Crippen molar-refractivity contribution in [2.75, 3.05) is 10.2 Å². The number of rotatable bonds is 5. The summed E-state index contributed by atoms with van der Waals surface area (Å²) < 4.78 is 0. The molecular weight excluding hydrogens is 466 g/mol. The maximum Gasteiger partial charge on any atom is 0.269 e. The number of hydrogen-bond acceptors (Lipinski definition) is 4. The van der Waals surface area contributed by atoms with Crippen molar-refractivity contribution in [2.24, 2.45) is 0 Å². The number of carbonyl (C=O) groups is 2. The van der Waals surface area contributed by atoms with Gasteiger partial charge in [-0.2, -0.15) is 5.26 Å². The van der Waals surface area contributed by atoms with Crippen LogP contribution in [0.2, 0.25) is 5.02 Å². The first kappa shape index (κ1) is 23.6. The molecule has 0 aromatic heterocycles. The van der Waals surface area contributed by atoms with Gasteiger partial charge in [-0.3, -0.25) is 14.5 Å². The second kappa shape index (κ2) is 10.2. The third-order valence-electron chi connectivity index (χ3n) is 5.55. The molecule has 0 saturated carbocycles. The van der Waals surface area contributed by atoms with Crippen LogP contribution in [0.5, 0.6) is 0 Å². The molecule has 0 radical (unpaired) electrons. The highest BCUT2D eigenvalue weighted by Gasteiger charge is 2.40. The summed E-state index contributed by atoms with van der Waals surface area (Å²) in [7, 11) is 0. The zero-order valence-electron chi connectivity index (χ0n) is 18.7. The van der Waals surface area contributed by atoms with E-state index in [-0.39, 0.29) is 11.5 Å². The smallest absolute Gasteiger partial charge is 0.269 e. The van der Waals surface area contributed by atoms with Gasteiger partial charge >= 0.3 is 0 Å². The number of thioether (sulfide) groups is 1. The van der Waals surface area contributed by atoms with Gasteiger partial charge in [-0.05, 0) is 61.2 Å². The first-order chi connectivity index (χ1) is 16.4. The molecule has 1 N–H and O–H groups in total. The Labute approximate surface area is 208 Å². The van der Waals surface area contributed by atoms with Crippen LogP contribution in [0.4, 0.5) is 11.4 Å². The van der Waals surface area contributed by atoms with Crippen LogP contribution >= 0.6 is 23.4 Å². The molecule has 0 spiro atoms. The molecule has 1 heterocycles. The lowest BCUT2D eigenvalue weighted by Gasteiger charge is -2.19. The Hall–Kier alpha value is -3.53. The predicted octanol–water partition coefficient (Wildman–Crippen LogP) is 6.02. The Morgan fingerprint density at radius 1 is 1.06 bits per heavy atom. The quantitative estimate of drug-likeness (QED) is 0.352. The number of carbonyl (C=O) groups excluding carboxylic acids is 2. The molecule has 0 unspecified atom stereocenters. The maximum atomic E-state index is 13.5. The Bertz CT molecular complexity index is 1310. The molecule has 1 aliphatic rings. The van der Waals surface area contributed by atoms with Crippen LogP contribution in [-0.2, 0) is 16.0 Å². The Balaban J connectivity index is 1.74. The third kappa shape index (κ3) is 4.86. The number of benzene rings is 3. The van der Waals surface area contributed by atoms with Crippen molar-refractivity contribution >= 4 is 46.6 Å². The van der Waals surface area contributed by atoms with Gasteiger partial charge in [0.05, 0.1) is 5.25 Å². The molecule has 3 aromatic carbocycles. The number of anilines is 2. The highest BCUT2D eigenvalue weighted by molar-refractivity contribution is 8.05. The minimum Gasteiger partial charge on any atom is -0.321 e. The molecule has 170 valence electrons. The number of amides is 2. The Morgan fingerprint density at radius 2 is 1.74 bits per heavy atom. The fraction of sp³-hybridized carbons (Fsp3) is 0.148. The number of aryl methyl sites for hydroxylation is 2. The molecule has 0 bridgehead atoms. The van der Waals surface area contributed by atoms with E-state index in [1.165, 1.54) is 16.7 Å². The topological polar surface area (TPSA) is 73.2 Å². The van der Waals surface area contributed by atoms with Gasteiger partial charge in [0.15, 0.2) is 0 Å². The lowest BCUT2D eigenvalue weighted by molar-refractivity contribution is -0.117. The maximum absolute atomic E-state index is 13.5. The number of nitrogens with one attached hydrogen (secondary N) is 1. The fourth-order valence-corrected chi connectivity index (χ4v) is 5.39. The molecule has 1 atom stereocenters. The molecular formula is C27H22ClN3O2S. The second-order valence-electron chi connectivity index (χ2n) is 7.96. The molecule has 7 heteroatoms. The van der Waals surface area contributed by atoms with E-state index >= 15 is 0 Å². The van der Waals surface area contributed by atoms with Gasteiger partial charge in [0.1, 0.15) is 16.7 Å². The molecule has 3 aromatic rings. The number of nitrogens with zero attached hydrogens (tertiary/aromatic N) is 2. The summed E-state index contributed by atoms with van der Waals surface area (Å²) in [6, 6.07) is 24.2. The highest BCUT2D eigenvalue weighted by Crippen LogP contribution is 2.42. The van der Waals surface area contributed by atoms with E-state index in [0.717, 1.165) is 16.7 Å². The summed E-state index contributed by atoms with van der Waals surface area (Å²) in [6.07, 6.45) is 0.425. The third-order valence-corrected chi connectivity index (χ3v) is 7.05. The monoisotopic (exact) mass is 487 g/mol. The number of para-hydroxylation sites is 2. The van der Waals surface area contributed by atoms with Gasteiger partial charge in [-0.15, -0.1) is 0 Å². The van der Waals surface area contributed by atoms with Crippen molar-refractivity contribution in [1.29, 1.82) is 5.26 Å². The van der Waals surface area contributed by atoms with E-state index in [0.29, 0.717) is 27.8 Å². The minimum absolute atomic E-state index is 0.0987. The standard InChI is InChI=1S/C27H22ClN3O2S/c1-17-8-6-9-18(2)24(17)30-25(32)22(16-29)27-31(21-12-4-3-5-13-21)26(33)23(34-27)15-19-10-7-11-20(28)14-19/h3-14,23H,15H2,1-2H3,(H,30,32)/b27-22+/t23-/m0/s1. The Morgan fingerprint density at radius 3 is 2.38 bits per heavy atom. The molecule has 1 fully saturated rings. The van der Waals surface area contributed by atoms with Crippen molar-refractivity contribution in [1.82, 2.24) is 0 Å². The van der Waals surface area contributed by atoms with Crippen molar-refractivity contribution in [3.05, 3.63) is 105 Å². The Kier molecular flexibility index (Phi) is 7.06. The van der Waals surface area contributed by atoms with Crippen LogP contribution in [-0.4, -0.2) is 17.1 Å². The fourth-order valence-electron chi connectivity index (χ4n) is 3.86. The first-order valence-electron chi connectivity index (χ1n) is 10.7. The van der Waals surface area contributed by atoms with Gasteiger partial charge in [0, 0.05) is 16.4 Å². The minimum atomic E-state index is -0.542. The van der Waals surface area contributed by atoms with E-state index < -0.39 is 11.2 Å². The summed E-state index contributed by atoms with van der Waals surface area (Å²) in [5.74, 6) is -0.724. The zero-order valence-corrected chi connectivity index (χ0v) is 20.3.